The third-order valence-corrected chi connectivity index (χ3v) is 3.33. The van der Waals surface area contributed by atoms with E-state index in [0.717, 1.165) is 24.3 Å². The maximum absolute atomic E-state index is 8.87. The van der Waals surface area contributed by atoms with E-state index in [1.165, 1.54) is 11.1 Å². The summed E-state index contributed by atoms with van der Waals surface area (Å²) in [6.45, 7) is 2.10. The Kier molecular flexibility index (Phi) is 3.18. The van der Waals surface area contributed by atoms with Crippen molar-refractivity contribution in [3.63, 3.8) is 0 Å². The molecule has 1 aromatic carbocycles. The van der Waals surface area contributed by atoms with Crippen LogP contribution in [0.25, 0.3) is 5.65 Å². The monoisotopic (exact) mass is 262 g/mol. The van der Waals surface area contributed by atoms with Crippen molar-refractivity contribution in [2.45, 2.75) is 19.8 Å². The van der Waals surface area contributed by atoms with Crippen LogP contribution in [0.15, 0.2) is 42.6 Å². The fourth-order valence-electron chi connectivity index (χ4n) is 2.30. The van der Waals surface area contributed by atoms with E-state index >= 15 is 0 Å². The Morgan fingerprint density at radius 1 is 1.15 bits per heavy atom. The third-order valence-electron chi connectivity index (χ3n) is 3.33. The van der Waals surface area contributed by atoms with Crippen LogP contribution in [0.5, 0.6) is 0 Å². The standard InChI is InChI=1S/C16H14N4/c1-12-3-2-4-13(9-12)5-6-15-18-19-16-10-14(11-17)7-8-20(15)16/h2-4,7-10H,5-6H2,1H3. The van der Waals surface area contributed by atoms with Gasteiger partial charge in [0.15, 0.2) is 5.65 Å². The van der Waals surface area contributed by atoms with Crippen LogP contribution in [0.2, 0.25) is 0 Å². The molecule has 0 aliphatic carbocycles. The second-order valence-corrected chi connectivity index (χ2v) is 4.86. The Labute approximate surface area is 117 Å². The quantitative estimate of drug-likeness (QED) is 0.729. The summed E-state index contributed by atoms with van der Waals surface area (Å²) in [7, 11) is 0. The smallest absolute Gasteiger partial charge is 0.162 e. The second kappa shape index (κ2) is 5.14. The van der Waals surface area contributed by atoms with E-state index < -0.39 is 0 Å². The molecule has 0 saturated heterocycles. The number of aryl methyl sites for hydroxylation is 3. The summed E-state index contributed by atoms with van der Waals surface area (Å²) in [5.74, 6) is 0.922. The first-order chi connectivity index (χ1) is 9.76. The van der Waals surface area contributed by atoms with Crippen LogP contribution in [0.4, 0.5) is 0 Å². The van der Waals surface area contributed by atoms with Gasteiger partial charge in [-0.25, -0.2) is 0 Å². The van der Waals surface area contributed by atoms with Crippen molar-refractivity contribution in [2.24, 2.45) is 0 Å². The predicted molar refractivity (Wildman–Crippen MR) is 76.3 cm³/mol. The van der Waals surface area contributed by atoms with Crippen molar-refractivity contribution in [1.29, 1.82) is 5.26 Å². The number of fused-ring (bicyclic) bond motifs is 1. The average molecular weight is 262 g/mol. The summed E-state index contributed by atoms with van der Waals surface area (Å²) in [6, 6.07) is 14.1. The van der Waals surface area contributed by atoms with Gasteiger partial charge in [-0.3, -0.25) is 4.40 Å². The van der Waals surface area contributed by atoms with Gasteiger partial charge in [0, 0.05) is 18.7 Å². The summed E-state index contributed by atoms with van der Waals surface area (Å²) in [6.07, 6.45) is 3.62. The van der Waals surface area contributed by atoms with Crippen LogP contribution in [-0.2, 0) is 12.8 Å². The van der Waals surface area contributed by atoms with Crippen LogP contribution < -0.4 is 0 Å². The number of nitrogens with zero attached hydrogens (tertiary/aromatic N) is 4. The number of pyridine rings is 1. The number of hydrogen-bond donors (Lipinski definition) is 0. The number of nitriles is 1. The van der Waals surface area contributed by atoms with Gasteiger partial charge in [0.25, 0.3) is 0 Å². The molecule has 2 heterocycles. The molecule has 0 amide bonds. The summed E-state index contributed by atoms with van der Waals surface area (Å²) in [4.78, 5) is 0. The van der Waals surface area contributed by atoms with E-state index in [2.05, 4.69) is 47.5 Å². The van der Waals surface area contributed by atoms with Crippen LogP contribution in [0, 0.1) is 18.3 Å². The van der Waals surface area contributed by atoms with E-state index in [-0.39, 0.29) is 0 Å². The van der Waals surface area contributed by atoms with E-state index in [4.69, 9.17) is 5.26 Å². The van der Waals surface area contributed by atoms with E-state index in [1.807, 2.05) is 10.6 Å². The largest absolute Gasteiger partial charge is 0.286 e. The highest BCUT2D eigenvalue weighted by atomic mass is 15.2. The highest BCUT2D eigenvalue weighted by Crippen LogP contribution is 2.11. The highest BCUT2D eigenvalue weighted by molar-refractivity contribution is 5.45. The van der Waals surface area contributed by atoms with E-state index in [1.54, 1.807) is 12.1 Å². The first kappa shape index (κ1) is 12.4. The zero-order valence-corrected chi connectivity index (χ0v) is 11.2. The molecule has 0 spiro atoms. The van der Waals surface area contributed by atoms with Crippen molar-refractivity contribution in [2.75, 3.05) is 0 Å². The van der Waals surface area contributed by atoms with Gasteiger partial charge in [0.1, 0.15) is 5.82 Å². The molecule has 0 unspecified atom stereocenters. The lowest BCUT2D eigenvalue weighted by atomic mass is 10.1. The number of benzene rings is 1. The van der Waals surface area contributed by atoms with Gasteiger partial charge in [0.05, 0.1) is 11.6 Å². The molecule has 4 nitrogen and oxygen atoms in total. The topological polar surface area (TPSA) is 54.0 Å². The molecule has 4 heteroatoms. The Balaban J connectivity index is 1.83. The van der Waals surface area contributed by atoms with E-state index in [9.17, 15) is 0 Å². The number of rotatable bonds is 3. The first-order valence-electron chi connectivity index (χ1n) is 6.55. The first-order valence-corrected chi connectivity index (χ1v) is 6.55. The molecule has 0 fully saturated rings. The maximum atomic E-state index is 8.87. The Morgan fingerprint density at radius 3 is 2.85 bits per heavy atom. The zero-order valence-electron chi connectivity index (χ0n) is 11.2. The number of hydrogen-bond acceptors (Lipinski definition) is 3. The summed E-state index contributed by atoms with van der Waals surface area (Å²) in [5, 5.41) is 17.2. The molecule has 2 aromatic heterocycles. The van der Waals surface area contributed by atoms with Gasteiger partial charge in [-0.1, -0.05) is 29.8 Å². The van der Waals surface area contributed by atoms with Crippen molar-refractivity contribution in [3.05, 3.63) is 65.1 Å². The van der Waals surface area contributed by atoms with Crippen molar-refractivity contribution >= 4 is 5.65 Å². The minimum Gasteiger partial charge on any atom is -0.286 e. The fourth-order valence-corrected chi connectivity index (χ4v) is 2.30. The van der Waals surface area contributed by atoms with Gasteiger partial charge < -0.3 is 0 Å². The molecule has 0 aliphatic rings. The van der Waals surface area contributed by atoms with Gasteiger partial charge in [-0.05, 0) is 25.0 Å². The Bertz CT molecular complexity index is 796. The molecule has 0 bridgehead atoms. The van der Waals surface area contributed by atoms with Gasteiger partial charge in [0.2, 0.25) is 0 Å². The fraction of sp³-hybridized carbons (Fsp3) is 0.188. The lowest BCUT2D eigenvalue weighted by molar-refractivity contribution is 0.838. The minimum atomic E-state index is 0.607. The van der Waals surface area contributed by atoms with Crippen molar-refractivity contribution in [1.82, 2.24) is 14.6 Å². The molecule has 0 radical (unpaired) electrons. The summed E-state index contributed by atoms with van der Waals surface area (Å²) in [5.41, 5.74) is 3.90. The number of aromatic nitrogens is 3. The van der Waals surface area contributed by atoms with E-state index in [0.29, 0.717) is 5.56 Å². The maximum Gasteiger partial charge on any atom is 0.162 e. The van der Waals surface area contributed by atoms with Crippen LogP contribution in [0.3, 0.4) is 0 Å². The summed E-state index contributed by atoms with van der Waals surface area (Å²) < 4.78 is 1.94. The SMILES string of the molecule is Cc1cccc(CCc2nnc3cc(C#N)ccn23)c1. The van der Waals surface area contributed by atoms with Gasteiger partial charge >= 0.3 is 0 Å². The molecule has 0 N–H and O–H groups in total. The summed E-state index contributed by atoms with van der Waals surface area (Å²) >= 11 is 0. The predicted octanol–water partition coefficient (Wildman–Crippen LogP) is 2.69. The molecule has 0 saturated carbocycles. The molecular formula is C16H14N4. The third kappa shape index (κ3) is 2.39. The molecule has 20 heavy (non-hydrogen) atoms. The average Bonchev–Trinajstić information content (AvgIpc) is 2.87. The van der Waals surface area contributed by atoms with Crippen LogP contribution in [-0.4, -0.2) is 14.6 Å². The Morgan fingerprint density at radius 2 is 2.05 bits per heavy atom. The molecule has 3 rings (SSSR count). The lowest BCUT2D eigenvalue weighted by Gasteiger charge is -2.02. The van der Waals surface area contributed by atoms with Crippen LogP contribution in [0.1, 0.15) is 22.5 Å². The van der Waals surface area contributed by atoms with Crippen molar-refractivity contribution < 1.29 is 0 Å². The normalized spacial score (nSPS) is 10.6. The Hall–Kier alpha value is -2.67. The highest BCUT2D eigenvalue weighted by Gasteiger charge is 2.06. The van der Waals surface area contributed by atoms with Crippen LogP contribution >= 0.6 is 0 Å². The zero-order chi connectivity index (χ0) is 13.9. The molecule has 3 aromatic rings. The lowest BCUT2D eigenvalue weighted by Crippen LogP contribution is -1.98. The molecule has 0 atom stereocenters. The van der Waals surface area contributed by atoms with Gasteiger partial charge in [-0.2, -0.15) is 5.26 Å². The van der Waals surface area contributed by atoms with Gasteiger partial charge in [-0.15, -0.1) is 10.2 Å². The molecular weight excluding hydrogens is 248 g/mol. The minimum absolute atomic E-state index is 0.607. The molecule has 98 valence electrons. The second-order valence-electron chi connectivity index (χ2n) is 4.86. The van der Waals surface area contributed by atoms with Crippen molar-refractivity contribution in [3.8, 4) is 6.07 Å². The molecule has 0 aliphatic heterocycles.